The van der Waals surface area contributed by atoms with Gasteiger partial charge in [-0.05, 0) is 48.9 Å². The second kappa shape index (κ2) is 12.9. The normalized spacial score (nSPS) is 14.9. The van der Waals surface area contributed by atoms with Gasteiger partial charge in [0, 0.05) is 18.3 Å². The smallest absolute Gasteiger partial charge is 0.226 e. The zero-order valence-corrected chi connectivity index (χ0v) is 19.9. The Morgan fingerprint density at radius 3 is 2.46 bits per heavy atom. The molecule has 0 aliphatic heterocycles. The molecule has 0 unspecified atom stereocenters. The Morgan fingerprint density at radius 1 is 0.971 bits per heavy atom. The van der Waals surface area contributed by atoms with Gasteiger partial charge in [0.05, 0.1) is 32.1 Å². The van der Waals surface area contributed by atoms with Crippen LogP contribution >= 0.6 is 0 Å². The highest BCUT2D eigenvalue weighted by Crippen LogP contribution is 2.23. The van der Waals surface area contributed by atoms with Crippen molar-refractivity contribution >= 4 is 11.7 Å². The Hall–Kier alpha value is -3.45. The molecule has 0 radical (unpaired) electrons. The number of ketones is 1. The average Bonchev–Trinajstić information content (AvgIpc) is 3.39. The zero-order valence-electron chi connectivity index (χ0n) is 19.9. The molecule has 2 aromatic carbocycles. The molecule has 2 N–H and O–H groups in total. The van der Waals surface area contributed by atoms with Gasteiger partial charge in [0.25, 0.3) is 0 Å². The summed E-state index contributed by atoms with van der Waals surface area (Å²) < 4.78 is 11.9. The van der Waals surface area contributed by atoms with Crippen molar-refractivity contribution in [3.05, 3.63) is 83.9 Å². The van der Waals surface area contributed by atoms with Crippen molar-refractivity contribution in [1.29, 1.82) is 0 Å². The van der Waals surface area contributed by atoms with Crippen LogP contribution in [0.1, 0.15) is 48.9 Å². The van der Waals surface area contributed by atoms with Crippen LogP contribution < -0.4 is 10.1 Å². The maximum atomic E-state index is 13.1. The van der Waals surface area contributed by atoms with E-state index in [-0.39, 0.29) is 37.2 Å². The highest BCUT2D eigenvalue weighted by Gasteiger charge is 2.22. The van der Waals surface area contributed by atoms with Gasteiger partial charge in [0.15, 0.2) is 5.78 Å². The number of hydrogen-bond acceptors (Lipinski definition) is 5. The fourth-order valence-electron chi connectivity index (χ4n) is 4.27. The predicted molar refractivity (Wildman–Crippen MR) is 133 cm³/mol. The summed E-state index contributed by atoms with van der Waals surface area (Å²) in [5.41, 5.74) is 2.57. The number of benzene rings is 2. The standard InChI is InChI=1S/C28H33N3O4/c32-27(15-21-11-13-25(14-12-21)35-24-9-5-2-6-10-24)26(19-34-18-22-7-3-1-4-8-22)31-28(33)16-23-17-29-20-30-23/h1,3-4,7-8,11-14,17,20,24,26H,2,5-6,9-10,15-16,18-19H2,(H,29,30)(H,31,33)/t26-/m0/s1. The van der Waals surface area contributed by atoms with E-state index in [0.29, 0.717) is 12.3 Å². The molecule has 1 aliphatic rings. The van der Waals surface area contributed by atoms with Gasteiger partial charge >= 0.3 is 0 Å². The zero-order chi connectivity index (χ0) is 24.3. The molecule has 4 rings (SSSR count). The molecule has 1 aliphatic carbocycles. The summed E-state index contributed by atoms with van der Waals surface area (Å²) in [5.74, 6) is 0.479. The molecule has 1 fully saturated rings. The van der Waals surface area contributed by atoms with Gasteiger partial charge in [0.2, 0.25) is 5.91 Å². The van der Waals surface area contributed by atoms with E-state index in [4.69, 9.17) is 9.47 Å². The van der Waals surface area contributed by atoms with Crippen LogP contribution in [0.4, 0.5) is 0 Å². The lowest BCUT2D eigenvalue weighted by atomic mass is 9.98. The number of ether oxygens (including phenoxy) is 2. The van der Waals surface area contributed by atoms with Crippen LogP contribution in [-0.2, 0) is 33.8 Å². The third-order valence-electron chi connectivity index (χ3n) is 6.18. The van der Waals surface area contributed by atoms with Crippen molar-refractivity contribution < 1.29 is 19.1 Å². The first kappa shape index (κ1) is 24.7. The third-order valence-corrected chi connectivity index (χ3v) is 6.18. The molecule has 1 amide bonds. The molecule has 3 aromatic rings. The number of nitrogens with zero attached hydrogens (tertiary/aromatic N) is 1. The van der Waals surface area contributed by atoms with Crippen LogP contribution in [0.2, 0.25) is 0 Å². The monoisotopic (exact) mass is 475 g/mol. The average molecular weight is 476 g/mol. The molecule has 1 aromatic heterocycles. The summed E-state index contributed by atoms with van der Waals surface area (Å²) in [6.07, 6.45) is 9.65. The second-order valence-corrected chi connectivity index (χ2v) is 9.04. The molecule has 0 bridgehead atoms. The van der Waals surface area contributed by atoms with E-state index in [9.17, 15) is 9.59 Å². The van der Waals surface area contributed by atoms with Crippen LogP contribution in [0.3, 0.4) is 0 Å². The van der Waals surface area contributed by atoms with E-state index in [1.807, 2.05) is 54.6 Å². The van der Waals surface area contributed by atoms with Crippen molar-refractivity contribution in [3.63, 3.8) is 0 Å². The Kier molecular flexibility index (Phi) is 9.06. The molecular formula is C28H33N3O4. The third kappa shape index (κ3) is 8.07. The number of carbonyl (C=O) groups excluding carboxylic acids is 2. The van der Waals surface area contributed by atoms with Crippen LogP contribution in [0.25, 0.3) is 0 Å². The number of nitrogens with one attached hydrogen (secondary N) is 2. The van der Waals surface area contributed by atoms with Gasteiger partial charge in [-0.25, -0.2) is 4.98 Å². The number of imidazole rings is 1. The first-order chi connectivity index (χ1) is 17.2. The Labute approximate surface area is 206 Å². The number of hydrogen-bond donors (Lipinski definition) is 2. The minimum absolute atomic E-state index is 0.100. The van der Waals surface area contributed by atoms with E-state index < -0.39 is 6.04 Å². The van der Waals surface area contributed by atoms with Crippen LogP contribution in [0, 0.1) is 0 Å². The maximum Gasteiger partial charge on any atom is 0.226 e. The van der Waals surface area contributed by atoms with Crippen molar-refractivity contribution in [1.82, 2.24) is 15.3 Å². The first-order valence-electron chi connectivity index (χ1n) is 12.3. The minimum atomic E-state index is -0.743. The maximum absolute atomic E-state index is 13.1. The van der Waals surface area contributed by atoms with Crippen molar-refractivity contribution in [2.24, 2.45) is 0 Å². The predicted octanol–water partition coefficient (Wildman–Crippen LogP) is 4.18. The number of carbonyl (C=O) groups is 2. The van der Waals surface area contributed by atoms with Gasteiger partial charge in [-0.2, -0.15) is 0 Å². The lowest BCUT2D eigenvalue weighted by molar-refractivity contribution is -0.128. The van der Waals surface area contributed by atoms with Gasteiger partial charge in [0.1, 0.15) is 11.8 Å². The number of Topliss-reactive ketones (excluding diaryl/α,β-unsaturated/α-hetero) is 1. The van der Waals surface area contributed by atoms with E-state index in [1.165, 1.54) is 25.6 Å². The van der Waals surface area contributed by atoms with Gasteiger partial charge < -0.3 is 19.8 Å². The minimum Gasteiger partial charge on any atom is -0.490 e. The quantitative estimate of drug-likeness (QED) is 0.410. The summed E-state index contributed by atoms with van der Waals surface area (Å²) in [6, 6.07) is 16.7. The Morgan fingerprint density at radius 2 is 1.74 bits per heavy atom. The molecule has 0 saturated heterocycles. The number of aromatic nitrogens is 2. The lowest BCUT2D eigenvalue weighted by Crippen LogP contribution is -2.45. The molecular weight excluding hydrogens is 442 g/mol. The topological polar surface area (TPSA) is 93.3 Å². The molecule has 1 saturated carbocycles. The Bertz CT molecular complexity index is 1050. The summed E-state index contributed by atoms with van der Waals surface area (Å²) in [5, 5.41) is 2.84. The number of H-pyrrole nitrogens is 1. The fraction of sp³-hybridized carbons (Fsp3) is 0.393. The van der Waals surface area contributed by atoms with Crippen molar-refractivity contribution in [2.45, 2.75) is 63.7 Å². The van der Waals surface area contributed by atoms with E-state index in [2.05, 4.69) is 15.3 Å². The SMILES string of the molecule is O=C(Cc1cnc[nH]1)N[C@@H](COCc1ccccc1)C(=O)Cc1ccc(OC2CCCCC2)cc1. The number of rotatable bonds is 12. The van der Waals surface area contributed by atoms with E-state index in [0.717, 1.165) is 29.7 Å². The summed E-state index contributed by atoms with van der Waals surface area (Å²) in [6.45, 7) is 0.472. The summed E-state index contributed by atoms with van der Waals surface area (Å²) in [7, 11) is 0. The summed E-state index contributed by atoms with van der Waals surface area (Å²) >= 11 is 0. The van der Waals surface area contributed by atoms with Crippen molar-refractivity contribution in [2.75, 3.05) is 6.61 Å². The molecule has 7 nitrogen and oxygen atoms in total. The van der Waals surface area contributed by atoms with E-state index >= 15 is 0 Å². The summed E-state index contributed by atoms with van der Waals surface area (Å²) in [4.78, 5) is 32.6. The fourth-order valence-corrected chi connectivity index (χ4v) is 4.27. The molecule has 1 atom stereocenters. The van der Waals surface area contributed by atoms with Crippen LogP contribution in [-0.4, -0.2) is 40.4 Å². The lowest BCUT2D eigenvalue weighted by Gasteiger charge is -2.23. The largest absolute Gasteiger partial charge is 0.490 e. The van der Waals surface area contributed by atoms with Crippen molar-refractivity contribution in [3.8, 4) is 5.75 Å². The van der Waals surface area contributed by atoms with Gasteiger partial charge in [-0.1, -0.05) is 48.9 Å². The molecule has 1 heterocycles. The Balaban J connectivity index is 1.34. The second-order valence-electron chi connectivity index (χ2n) is 9.04. The molecule has 35 heavy (non-hydrogen) atoms. The number of aromatic amines is 1. The molecule has 0 spiro atoms. The first-order valence-corrected chi connectivity index (χ1v) is 12.3. The van der Waals surface area contributed by atoms with E-state index in [1.54, 1.807) is 6.20 Å². The van der Waals surface area contributed by atoms with Gasteiger partial charge in [-0.15, -0.1) is 0 Å². The molecule has 7 heteroatoms. The van der Waals surface area contributed by atoms with Gasteiger partial charge in [-0.3, -0.25) is 9.59 Å². The van der Waals surface area contributed by atoms with Crippen LogP contribution in [0.5, 0.6) is 5.75 Å². The highest BCUT2D eigenvalue weighted by molar-refractivity contribution is 5.91. The molecule has 184 valence electrons. The number of amides is 1. The highest BCUT2D eigenvalue weighted by atomic mass is 16.5. The van der Waals surface area contributed by atoms with Crippen LogP contribution in [0.15, 0.2) is 67.1 Å².